The van der Waals surface area contributed by atoms with Gasteiger partial charge in [0.05, 0.1) is 13.7 Å². The van der Waals surface area contributed by atoms with Crippen molar-refractivity contribution in [1.29, 1.82) is 0 Å². The lowest BCUT2D eigenvalue weighted by Gasteiger charge is -2.41. The molecule has 0 bridgehead atoms. The molecule has 1 aliphatic rings. The van der Waals surface area contributed by atoms with E-state index in [4.69, 9.17) is 16.2 Å². The summed E-state index contributed by atoms with van der Waals surface area (Å²) in [7, 11) is 1.58. The van der Waals surface area contributed by atoms with Crippen molar-refractivity contribution in [3.8, 4) is 5.75 Å². The Labute approximate surface area is 180 Å². The Bertz CT molecular complexity index is 1100. The van der Waals surface area contributed by atoms with Crippen LogP contribution in [0.4, 0.5) is 21.8 Å². The second-order valence-corrected chi connectivity index (χ2v) is 7.62. The van der Waals surface area contributed by atoms with Crippen LogP contribution in [-0.2, 0) is 0 Å². The summed E-state index contributed by atoms with van der Waals surface area (Å²) in [6, 6.07) is 12.4. The zero-order valence-electron chi connectivity index (χ0n) is 17.6. The fourth-order valence-corrected chi connectivity index (χ4v) is 3.97. The number of amidine groups is 1. The zero-order valence-corrected chi connectivity index (χ0v) is 17.6. The van der Waals surface area contributed by atoms with Crippen LogP contribution in [0.25, 0.3) is 10.9 Å². The van der Waals surface area contributed by atoms with Crippen LogP contribution < -0.4 is 21.1 Å². The van der Waals surface area contributed by atoms with E-state index in [-0.39, 0.29) is 17.8 Å². The molecule has 4 rings (SSSR count). The number of ether oxygens (including phenoxy) is 1. The number of aromatic nitrogens is 2. The van der Waals surface area contributed by atoms with E-state index < -0.39 is 0 Å². The summed E-state index contributed by atoms with van der Waals surface area (Å²) in [6.45, 7) is 5.11. The van der Waals surface area contributed by atoms with Gasteiger partial charge in [0, 0.05) is 36.7 Å². The molecule has 0 aliphatic carbocycles. The molecule has 162 valence electrons. The number of para-hydroxylation sites is 1. The van der Waals surface area contributed by atoms with Crippen LogP contribution in [0.1, 0.15) is 6.92 Å². The normalized spacial score (nSPS) is 17.8. The minimum absolute atomic E-state index is 0.116. The van der Waals surface area contributed by atoms with E-state index in [1.165, 1.54) is 12.1 Å². The van der Waals surface area contributed by atoms with Crippen LogP contribution in [0.5, 0.6) is 5.75 Å². The number of nitrogens with two attached hydrogens (primary N) is 2. The van der Waals surface area contributed by atoms with Crippen molar-refractivity contribution in [3.05, 3.63) is 48.3 Å². The number of halogens is 1. The second-order valence-electron chi connectivity index (χ2n) is 7.62. The number of hydrogen-bond acceptors (Lipinski definition) is 7. The summed E-state index contributed by atoms with van der Waals surface area (Å²) in [6.07, 6.45) is 0. The lowest BCUT2D eigenvalue weighted by atomic mass is 10.1. The third-order valence-corrected chi connectivity index (χ3v) is 5.41. The van der Waals surface area contributed by atoms with E-state index >= 15 is 0 Å². The van der Waals surface area contributed by atoms with Crippen LogP contribution in [0.15, 0.2) is 47.5 Å². The highest BCUT2D eigenvalue weighted by atomic mass is 19.1. The topological polar surface area (TPSA) is 106 Å². The number of methoxy groups -OCH3 is 1. The fourth-order valence-electron chi connectivity index (χ4n) is 3.97. The van der Waals surface area contributed by atoms with E-state index in [0.29, 0.717) is 29.5 Å². The van der Waals surface area contributed by atoms with Crippen LogP contribution in [0.2, 0.25) is 0 Å². The third-order valence-electron chi connectivity index (χ3n) is 5.41. The molecule has 1 unspecified atom stereocenters. The number of fused-ring (bicyclic) bond motifs is 1. The molecule has 1 aliphatic heterocycles. The summed E-state index contributed by atoms with van der Waals surface area (Å²) in [5.41, 5.74) is 13.8. The van der Waals surface area contributed by atoms with Crippen LogP contribution in [-0.4, -0.2) is 60.0 Å². The molecule has 31 heavy (non-hydrogen) atoms. The second kappa shape index (κ2) is 8.73. The zero-order chi connectivity index (χ0) is 22.0. The number of piperazine rings is 1. The fraction of sp³-hybridized carbons (Fsp3) is 0.318. The van der Waals surface area contributed by atoms with Gasteiger partial charge in [0.2, 0.25) is 5.95 Å². The Morgan fingerprint density at radius 2 is 1.97 bits per heavy atom. The van der Waals surface area contributed by atoms with E-state index in [1.54, 1.807) is 7.11 Å². The lowest BCUT2D eigenvalue weighted by Crippen LogP contribution is -2.53. The number of anilines is 2. The number of aliphatic imine (C=N–C) groups is 1. The molecule has 8 nitrogen and oxygen atoms in total. The summed E-state index contributed by atoms with van der Waals surface area (Å²) in [4.78, 5) is 17.6. The molecule has 4 N–H and O–H groups in total. The van der Waals surface area contributed by atoms with Gasteiger partial charge >= 0.3 is 0 Å². The molecule has 3 aromatic rings. The number of rotatable bonds is 5. The molecule has 0 saturated carbocycles. The van der Waals surface area contributed by atoms with Gasteiger partial charge in [0.25, 0.3) is 0 Å². The van der Waals surface area contributed by atoms with Gasteiger partial charge in [-0.1, -0.05) is 6.07 Å². The van der Waals surface area contributed by atoms with Gasteiger partial charge in [0.1, 0.15) is 22.9 Å². The van der Waals surface area contributed by atoms with Gasteiger partial charge in [-0.2, -0.15) is 4.98 Å². The maximum atomic E-state index is 13.2. The first-order valence-corrected chi connectivity index (χ1v) is 10.1. The Hall–Kier alpha value is -3.46. The van der Waals surface area contributed by atoms with E-state index in [0.717, 1.165) is 30.7 Å². The van der Waals surface area contributed by atoms with Gasteiger partial charge in [0.15, 0.2) is 5.82 Å². The molecule has 0 spiro atoms. The molecule has 2 heterocycles. The smallest absolute Gasteiger partial charge is 0.222 e. The first kappa shape index (κ1) is 20.8. The van der Waals surface area contributed by atoms with Gasteiger partial charge in [-0.05, 0) is 43.3 Å². The van der Waals surface area contributed by atoms with Gasteiger partial charge < -0.3 is 21.1 Å². The van der Waals surface area contributed by atoms with Crippen molar-refractivity contribution in [2.75, 3.05) is 43.9 Å². The minimum atomic E-state index is -0.227. The quantitative estimate of drug-likeness (QED) is 0.480. The molecular formula is C22H26FN7O. The maximum absolute atomic E-state index is 13.2. The Balaban J connectivity index is 1.49. The van der Waals surface area contributed by atoms with E-state index in [2.05, 4.69) is 31.7 Å². The lowest BCUT2D eigenvalue weighted by molar-refractivity contribution is 0.257. The summed E-state index contributed by atoms with van der Waals surface area (Å²) < 4.78 is 18.6. The highest BCUT2D eigenvalue weighted by Gasteiger charge is 2.24. The van der Waals surface area contributed by atoms with Crippen molar-refractivity contribution >= 4 is 34.2 Å². The van der Waals surface area contributed by atoms with Gasteiger partial charge in [-0.25, -0.2) is 14.4 Å². The van der Waals surface area contributed by atoms with Crippen LogP contribution in [0.3, 0.4) is 0 Å². The van der Waals surface area contributed by atoms with Crippen molar-refractivity contribution in [3.63, 3.8) is 0 Å². The van der Waals surface area contributed by atoms with E-state index in [1.807, 2.05) is 30.3 Å². The minimum Gasteiger partial charge on any atom is -0.494 e. The van der Waals surface area contributed by atoms with Crippen molar-refractivity contribution in [1.82, 2.24) is 14.9 Å². The summed E-state index contributed by atoms with van der Waals surface area (Å²) >= 11 is 0. The van der Waals surface area contributed by atoms with Gasteiger partial charge in [-0.3, -0.25) is 4.90 Å². The van der Waals surface area contributed by atoms with Crippen molar-refractivity contribution in [2.45, 2.75) is 13.0 Å². The standard InChI is InChI=1S/C22H26FN7O/c1-14-12-29(10-11-30(14)16-8-6-15(23)7-9-16)13-19(24)26-21-17-4-3-5-18(31-2)20(17)27-22(25)28-21/h3-9,14H,10-13H2,1-2H3,(H4,24,25,26,27,28). The molecule has 1 saturated heterocycles. The van der Waals surface area contributed by atoms with Crippen molar-refractivity contribution in [2.24, 2.45) is 10.7 Å². The molecule has 1 fully saturated rings. The highest BCUT2D eigenvalue weighted by Crippen LogP contribution is 2.30. The largest absolute Gasteiger partial charge is 0.494 e. The first-order valence-electron chi connectivity index (χ1n) is 10.1. The average Bonchev–Trinajstić information content (AvgIpc) is 2.74. The Kier molecular flexibility index (Phi) is 5.85. The molecule has 0 amide bonds. The first-order chi connectivity index (χ1) is 14.9. The highest BCUT2D eigenvalue weighted by molar-refractivity contribution is 5.96. The van der Waals surface area contributed by atoms with Gasteiger partial charge in [-0.15, -0.1) is 0 Å². The molecule has 9 heteroatoms. The van der Waals surface area contributed by atoms with Crippen LogP contribution >= 0.6 is 0 Å². The predicted octanol–water partition coefficient (Wildman–Crippen LogP) is 2.56. The predicted molar refractivity (Wildman–Crippen MR) is 121 cm³/mol. The average molecular weight is 423 g/mol. The SMILES string of the molecule is COc1cccc2c(N=C(N)CN3CCN(c4ccc(F)cc4)C(C)C3)nc(N)nc12. The molecule has 0 radical (unpaired) electrons. The number of benzene rings is 2. The summed E-state index contributed by atoms with van der Waals surface area (Å²) in [5.74, 6) is 1.37. The van der Waals surface area contributed by atoms with Crippen LogP contribution in [0, 0.1) is 5.82 Å². The molecule has 1 atom stereocenters. The van der Waals surface area contributed by atoms with E-state index in [9.17, 15) is 4.39 Å². The molecule has 1 aromatic heterocycles. The van der Waals surface area contributed by atoms with Crippen molar-refractivity contribution < 1.29 is 9.13 Å². The Morgan fingerprint density at radius 3 is 2.68 bits per heavy atom. The summed E-state index contributed by atoms with van der Waals surface area (Å²) in [5, 5.41) is 0.728. The number of nitrogens with zero attached hydrogens (tertiary/aromatic N) is 5. The monoisotopic (exact) mass is 423 g/mol. The number of hydrogen-bond donors (Lipinski definition) is 2. The Morgan fingerprint density at radius 1 is 1.19 bits per heavy atom. The third kappa shape index (κ3) is 4.51. The maximum Gasteiger partial charge on any atom is 0.222 e. The molecular weight excluding hydrogens is 397 g/mol. The number of nitrogen functional groups attached to an aromatic ring is 1. The molecule has 2 aromatic carbocycles.